The van der Waals surface area contributed by atoms with E-state index >= 15 is 0 Å². The van der Waals surface area contributed by atoms with Gasteiger partial charge in [0.1, 0.15) is 17.1 Å². The highest BCUT2D eigenvalue weighted by Gasteiger charge is 2.20. The molecule has 8 nitrogen and oxygen atoms in total. The first-order valence-electron chi connectivity index (χ1n) is 9.48. The number of ether oxygens (including phenoxy) is 4. The third-order valence-corrected chi connectivity index (χ3v) is 4.83. The Morgan fingerprint density at radius 2 is 1.70 bits per heavy atom. The standard InChI is InChI=1S/C22H27NO7/c1-14-11-18(15(2)23(14)10-6-7-21(25)29-5)19(24)13-30-22(26)17-9-8-16(27-3)12-20(17)28-4/h8-9,11-12H,6-7,10,13H2,1-5H3. The number of benzene rings is 1. The second-order valence-electron chi connectivity index (χ2n) is 6.68. The summed E-state index contributed by atoms with van der Waals surface area (Å²) in [5.74, 6) is -0.387. The molecule has 1 aromatic heterocycles. The van der Waals surface area contributed by atoms with E-state index in [1.807, 2.05) is 18.4 Å². The molecule has 8 heteroatoms. The molecule has 162 valence electrons. The quantitative estimate of drug-likeness (QED) is 0.433. The van der Waals surface area contributed by atoms with E-state index in [0.717, 1.165) is 11.4 Å². The minimum absolute atomic E-state index is 0.208. The number of carbonyl (C=O) groups excluding carboxylic acids is 3. The van der Waals surface area contributed by atoms with Crippen molar-refractivity contribution in [3.05, 3.63) is 46.8 Å². The molecule has 0 spiro atoms. The highest BCUT2D eigenvalue weighted by atomic mass is 16.5. The number of hydrogen-bond acceptors (Lipinski definition) is 7. The number of hydrogen-bond donors (Lipinski definition) is 0. The fourth-order valence-electron chi connectivity index (χ4n) is 3.16. The number of carbonyl (C=O) groups is 3. The van der Waals surface area contributed by atoms with E-state index in [4.69, 9.17) is 14.2 Å². The number of aromatic nitrogens is 1. The van der Waals surface area contributed by atoms with Gasteiger partial charge >= 0.3 is 11.9 Å². The summed E-state index contributed by atoms with van der Waals surface area (Å²) in [5.41, 5.74) is 2.35. The SMILES string of the molecule is COC(=O)CCCn1c(C)cc(C(=O)COC(=O)c2ccc(OC)cc2OC)c1C. The van der Waals surface area contributed by atoms with Crippen molar-refractivity contribution in [1.29, 1.82) is 0 Å². The van der Waals surface area contributed by atoms with Crippen LogP contribution >= 0.6 is 0 Å². The topological polar surface area (TPSA) is 93.1 Å². The van der Waals surface area contributed by atoms with Gasteiger partial charge in [-0.1, -0.05) is 0 Å². The first-order valence-corrected chi connectivity index (χ1v) is 9.48. The molecule has 2 rings (SSSR count). The molecule has 30 heavy (non-hydrogen) atoms. The van der Waals surface area contributed by atoms with Gasteiger partial charge in [0.25, 0.3) is 0 Å². The van der Waals surface area contributed by atoms with Crippen molar-refractivity contribution in [3.63, 3.8) is 0 Å². The molecule has 0 saturated heterocycles. The fourth-order valence-corrected chi connectivity index (χ4v) is 3.16. The zero-order valence-corrected chi connectivity index (χ0v) is 17.9. The van der Waals surface area contributed by atoms with Crippen molar-refractivity contribution in [2.24, 2.45) is 0 Å². The lowest BCUT2D eigenvalue weighted by molar-refractivity contribution is -0.140. The fraction of sp³-hybridized carbons (Fsp3) is 0.409. The van der Waals surface area contributed by atoms with Crippen LogP contribution in [0.4, 0.5) is 0 Å². The van der Waals surface area contributed by atoms with Crippen LogP contribution in [0.3, 0.4) is 0 Å². The zero-order valence-electron chi connectivity index (χ0n) is 17.9. The molecule has 0 saturated carbocycles. The highest BCUT2D eigenvalue weighted by Crippen LogP contribution is 2.25. The molecule has 0 N–H and O–H groups in total. The van der Waals surface area contributed by atoms with Crippen LogP contribution in [0.1, 0.15) is 44.9 Å². The maximum Gasteiger partial charge on any atom is 0.342 e. The van der Waals surface area contributed by atoms with Crippen molar-refractivity contribution in [2.75, 3.05) is 27.9 Å². The van der Waals surface area contributed by atoms with Gasteiger partial charge in [-0.25, -0.2) is 4.79 Å². The minimum Gasteiger partial charge on any atom is -0.497 e. The Labute approximate surface area is 175 Å². The molecule has 0 aliphatic heterocycles. The van der Waals surface area contributed by atoms with Gasteiger partial charge < -0.3 is 23.5 Å². The number of rotatable bonds is 10. The molecular formula is C22H27NO7. The summed E-state index contributed by atoms with van der Waals surface area (Å²) in [4.78, 5) is 36.3. The Bertz CT molecular complexity index is 930. The van der Waals surface area contributed by atoms with E-state index in [0.29, 0.717) is 36.4 Å². The molecule has 0 bridgehead atoms. The van der Waals surface area contributed by atoms with E-state index in [-0.39, 0.29) is 23.9 Å². The number of esters is 2. The molecule has 0 aliphatic carbocycles. The van der Waals surface area contributed by atoms with E-state index < -0.39 is 5.97 Å². The normalized spacial score (nSPS) is 10.4. The molecule has 0 fully saturated rings. The maximum atomic E-state index is 12.6. The van der Waals surface area contributed by atoms with Crippen molar-refractivity contribution in [2.45, 2.75) is 33.2 Å². The van der Waals surface area contributed by atoms with Gasteiger partial charge in [0.05, 0.1) is 21.3 Å². The van der Waals surface area contributed by atoms with Gasteiger partial charge in [0, 0.05) is 36.0 Å². The molecular weight excluding hydrogens is 390 g/mol. The Morgan fingerprint density at radius 1 is 0.967 bits per heavy atom. The van der Waals surface area contributed by atoms with Crippen LogP contribution in [0.2, 0.25) is 0 Å². The van der Waals surface area contributed by atoms with Crippen LogP contribution in [0.5, 0.6) is 11.5 Å². The summed E-state index contributed by atoms with van der Waals surface area (Å²) < 4.78 is 22.1. The first kappa shape index (κ1) is 23.0. The van der Waals surface area contributed by atoms with Crippen LogP contribution in [-0.2, 0) is 20.8 Å². The second kappa shape index (κ2) is 10.5. The molecule has 0 radical (unpaired) electrons. The van der Waals surface area contributed by atoms with Gasteiger partial charge in [-0.3, -0.25) is 9.59 Å². The van der Waals surface area contributed by atoms with Crippen LogP contribution < -0.4 is 9.47 Å². The predicted octanol–water partition coefficient (Wildman–Crippen LogP) is 3.12. The van der Waals surface area contributed by atoms with Crippen molar-refractivity contribution in [3.8, 4) is 11.5 Å². The molecule has 0 aliphatic rings. The van der Waals surface area contributed by atoms with Crippen LogP contribution in [0.15, 0.2) is 24.3 Å². The molecule has 0 atom stereocenters. The summed E-state index contributed by atoms with van der Waals surface area (Å²) >= 11 is 0. The summed E-state index contributed by atoms with van der Waals surface area (Å²) in [6.45, 7) is 3.91. The Hall–Kier alpha value is -3.29. The predicted molar refractivity (Wildman–Crippen MR) is 109 cm³/mol. The highest BCUT2D eigenvalue weighted by molar-refractivity contribution is 6.01. The van der Waals surface area contributed by atoms with Crippen LogP contribution in [-0.4, -0.2) is 50.2 Å². The average Bonchev–Trinajstić information content (AvgIpc) is 3.04. The maximum absolute atomic E-state index is 12.6. The summed E-state index contributed by atoms with van der Waals surface area (Å²) in [5, 5.41) is 0. The van der Waals surface area contributed by atoms with Crippen molar-refractivity contribution >= 4 is 17.7 Å². The van der Waals surface area contributed by atoms with E-state index in [9.17, 15) is 14.4 Å². The van der Waals surface area contributed by atoms with E-state index in [1.165, 1.54) is 27.4 Å². The Balaban J connectivity index is 2.04. The molecule has 0 amide bonds. The van der Waals surface area contributed by atoms with Gasteiger partial charge in [0.2, 0.25) is 5.78 Å². The molecule has 0 unspecified atom stereocenters. The first-order chi connectivity index (χ1) is 14.3. The van der Waals surface area contributed by atoms with Crippen LogP contribution in [0.25, 0.3) is 0 Å². The lowest BCUT2D eigenvalue weighted by atomic mass is 10.1. The molecule has 1 heterocycles. The monoisotopic (exact) mass is 417 g/mol. The van der Waals surface area contributed by atoms with Gasteiger partial charge in [-0.05, 0) is 38.5 Å². The van der Waals surface area contributed by atoms with Crippen molar-refractivity contribution < 1.29 is 33.3 Å². The average molecular weight is 417 g/mol. The molecule has 2 aromatic rings. The van der Waals surface area contributed by atoms with E-state index in [1.54, 1.807) is 18.2 Å². The number of Topliss-reactive ketones (excluding diaryl/α,β-unsaturated/α-hetero) is 1. The van der Waals surface area contributed by atoms with Crippen molar-refractivity contribution in [1.82, 2.24) is 4.57 Å². The Kier molecular flexibility index (Phi) is 8.03. The summed E-state index contributed by atoms with van der Waals surface area (Å²) in [6.07, 6.45) is 0.904. The lowest BCUT2D eigenvalue weighted by Gasteiger charge is -2.11. The van der Waals surface area contributed by atoms with Gasteiger partial charge in [-0.2, -0.15) is 0 Å². The number of ketones is 1. The number of aryl methyl sites for hydroxylation is 1. The smallest absolute Gasteiger partial charge is 0.342 e. The number of nitrogens with zero attached hydrogens (tertiary/aromatic N) is 1. The largest absolute Gasteiger partial charge is 0.497 e. The lowest BCUT2D eigenvalue weighted by Crippen LogP contribution is -2.16. The summed E-state index contributed by atoms with van der Waals surface area (Å²) in [6, 6.07) is 6.47. The molecule has 1 aromatic carbocycles. The Morgan fingerprint density at radius 3 is 2.33 bits per heavy atom. The minimum atomic E-state index is -0.658. The third-order valence-electron chi connectivity index (χ3n) is 4.83. The zero-order chi connectivity index (χ0) is 22.3. The van der Waals surface area contributed by atoms with E-state index in [2.05, 4.69) is 4.74 Å². The second-order valence-corrected chi connectivity index (χ2v) is 6.68. The number of methoxy groups -OCH3 is 3. The van der Waals surface area contributed by atoms with Gasteiger partial charge in [-0.15, -0.1) is 0 Å². The summed E-state index contributed by atoms with van der Waals surface area (Å²) in [7, 11) is 4.30. The van der Waals surface area contributed by atoms with Gasteiger partial charge in [0.15, 0.2) is 6.61 Å². The third kappa shape index (κ3) is 5.40. The van der Waals surface area contributed by atoms with Crippen LogP contribution in [0, 0.1) is 13.8 Å².